The lowest BCUT2D eigenvalue weighted by Crippen LogP contribution is -2.24. The van der Waals surface area contributed by atoms with Crippen LogP contribution in [0.3, 0.4) is 0 Å². The van der Waals surface area contributed by atoms with Crippen LogP contribution in [0.1, 0.15) is 38.8 Å². The summed E-state index contributed by atoms with van der Waals surface area (Å²) in [5, 5.41) is 8.74. The second-order valence-electron chi connectivity index (χ2n) is 8.08. The Labute approximate surface area is 183 Å². The van der Waals surface area contributed by atoms with Gasteiger partial charge in [-0.2, -0.15) is 0 Å². The summed E-state index contributed by atoms with van der Waals surface area (Å²) in [5.74, 6) is 1.20. The molecular weight excluding hydrogens is 400 g/mol. The molecule has 30 heavy (non-hydrogen) atoms. The van der Waals surface area contributed by atoms with E-state index in [1.54, 1.807) is 11.8 Å². The van der Waals surface area contributed by atoms with Gasteiger partial charge in [0, 0.05) is 17.3 Å². The lowest BCUT2D eigenvalue weighted by molar-refractivity contribution is -0.139. The van der Waals surface area contributed by atoms with Gasteiger partial charge in [-0.3, -0.25) is 0 Å². The van der Waals surface area contributed by atoms with Crippen molar-refractivity contribution in [1.29, 1.82) is 0 Å². The zero-order valence-corrected chi connectivity index (χ0v) is 19.3. The van der Waals surface area contributed by atoms with E-state index in [1.165, 1.54) is 5.56 Å². The largest absolute Gasteiger partial charge is 0.491 e. The van der Waals surface area contributed by atoms with E-state index >= 15 is 0 Å². The van der Waals surface area contributed by atoms with Crippen molar-refractivity contribution in [2.24, 2.45) is 0 Å². The summed E-state index contributed by atoms with van der Waals surface area (Å²) >= 11 is 1.68. The minimum Gasteiger partial charge on any atom is -0.491 e. The minimum absolute atomic E-state index is 0.0365. The minimum atomic E-state index is -0.986. The third kappa shape index (κ3) is 7.92. The number of hydrogen-bond acceptors (Lipinski definition) is 5. The van der Waals surface area contributed by atoms with Gasteiger partial charge in [0.25, 0.3) is 0 Å². The van der Waals surface area contributed by atoms with Gasteiger partial charge >= 0.3 is 5.97 Å². The molecule has 0 heterocycles. The predicted molar refractivity (Wildman–Crippen MR) is 121 cm³/mol. The van der Waals surface area contributed by atoms with Crippen molar-refractivity contribution >= 4 is 17.7 Å². The number of carboxylic acids is 1. The highest BCUT2D eigenvalue weighted by atomic mass is 32.2. The average molecular weight is 433 g/mol. The van der Waals surface area contributed by atoms with Crippen LogP contribution in [0.2, 0.25) is 0 Å². The van der Waals surface area contributed by atoms with Gasteiger partial charge < -0.3 is 19.3 Å². The van der Waals surface area contributed by atoms with E-state index in [-0.39, 0.29) is 18.1 Å². The molecule has 0 aromatic heterocycles. The van der Waals surface area contributed by atoms with Crippen molar-refractivity contribution in [3.05, 3.63) is 53.6 Å². The molecule has 1 atom stereocenters. The first-order chi connectivity index (χ1) is 14.2. The average Bonchev–Trinajstić information content (AvgIpc) is 2.69. The summed E-state index contributed by atoms with van der Waals surface area (Å²) in [6.07, 6.45) is -0.0365. The van der Waals surface area contributed by atoms with Crippen LogP contribution in [0.15, 0.2) is 47.4 Å². The Morgan fingerprint density at radius 1 is 1.10 bits per heavy atom. The number of rotatable bonds is 11. The van der Waals surface area contributed by atoms with Crippen molar-refractivity contribution in [3.63, 3.8) is 0 Å². The van der Waals surface area contributed by atoms with Gasteiger partial charge in [-0.05, 0) is 60.7 Å². The summed E-state index contributed by atoms with van der Waals surface area (Å²) in [4.78, 5) is 11.7. The van der Waals surface area contributed by atoms with Crippen LogP contribution in [0.4, 0.5) is 0 Å². The van der Waals surface area contributed by atoms with Gasteiger partial charge in [0.1, 0.15) is 24.2 Å². The Hall–Kier alpha value is -2.18. The van der Waals surface area contributed by atoms with Crippen LogP contribution in [-0.4, -0.2) is 42.8 Å². The van der Waals surface area contributed by atoms with Crippen LogP contribution in [-0.2, 0) is 14.9 Å². The summed E-state index contributed by atoms with van der Waals surface area (Å²) in [6.45, 7) is 11.2. The van der Waals surface area contributed by atoms with Crippen molar-refractivity contribution in [2.45, 2.75) is 51.0 Å². The van der Waals surface area contributed by atoms with Crippen LogP contribution in [0, 0.1) is 6.92 Å². The Morgan fingerprint density at radius 2 is 1.80 bits per heavy atom. The van der Waals surface area contributed by atoms with Crippen molar-refractivity contribution < 1.29 is 24.1 Å². The SMILES string of the molecule is CCO[C@H](COc1ccc(C(C)(C)C)cc1)CSc1ccc(OCC(=O)O)c(C)c1. The lowest BCUT2D eigenvalue weighted by atomic mass is 9.87. The predicted octanol–water partition coefficient (Wildman–Crippen LogP) is 5.33. The molecule has 2 rings (SSSR count). The molecule has 0 amide bonds. The first-order valence-electron chi connectivity index (χ1n) is 10.1. The highest BCUT2D eigenvalue weighted by Gasteiger charge is 2.14. The summed E-state index contributed by atoms with van der Waals surface area (Å²) < 4.78 is 17.1. The quantitative estimate of drug-likeness (QED) is 0.484. The molecule has 164 valence electrons. The second-order valence-corrected chi connectivity index (χ2v) is 9.18. The number of aryl methyl sites for hydroxylation is 1. The fraction of sp³-hybridized carbons (Fsp3) is 0.458. The van der Waals surface area contributed by atoms with Gasteiger partial charge in [0.05, 0.1) is 0 Å². The van der Waals surface area contributed by atoms with E-state index in [0.29, 0.717) is 19.0 Å². The Kier molecular flexibility index (Phi) is 9.06. The fourth-order valence-corrected chi connectivity index (χ4v) is 3.82. The number of aliphatic carboxylic acids is 1. The van der Waals surface area contributed by atoms with Gasteiger partial charge in [-0.25, -0.2) is 4.79 Å². The maximum absolute atomic E-state index is 10.7. The topological polar surface area (TPSA) is 65.0 Å². The molecule has 0 saturated carbocycles. The zero-order valence-electron chi connectivity index (χ0n) is 18.4. The van der Waals surface area contributed by atoms with Crippen LogP contribution < -0.4 is 9.47 Å². The molecule has 2 aromatic rings. The normalized spacial score (nSPS) is 12.4. The van der Waals surface area contributed by atoms with Gasteiger partial charge in [0.15, 0.2) is 6.61 Å². The number of ether oxygens (including phenoxy) is 3. The maximum atomic E-state index is 10.7. The number of carbonyl (C=O) groups is 1. The number of benzene rings is 2. The molecule has 0 aliphatic carbocycles. The molecular formula is C24H32O5S. The van der Waals surface area contributed by atoms with E-state index in [0.717, 1.165) is 22.0 Å². The molecule has 0 unspecified atom stereocenters. The summed E-state index contributed by atoms with van der Waals surface area (Å²) in [5.41, 5.74) is 2.30. The number of thioether (sulfide) groups is 1. The van der Waals surface area contributed by atoms with E-state index in [4.69, 9.17) is 19.3 Å². The molecule has 0 aliphatic rings. The summed E-state index contributed by atoms with van der Waals surface area (Å²) in [6, 6.07) is 14.0. The smallest absolute Gasteiger partial charge is 0.341 e. The first kappa shape index (κ1) is 24.1. The molecule has 0 spiro atoms. The van der Waals surface area contributed by atoms with Crippen molar-refractivity contribution in [2.75, 3.05) is 25.6 Å². The molecule has 0 aliphatic heterocycles. The third-order valence-corrected chi connectivity index (χ3v) is 5.62. The van der Waals surface area contributed by atoms with E-state index in [9.17, 15) is 4.79 Å². The molecule has 5 nitrogen and oxygen atoms in total. The monoisotopic (exact) mass is 432 g/mol. The van der Waals surface area contributed by atoms with Crippen LogP contribution in [0.25, 0.3) is 0 Å². The van der Waals surface area contributed by atoms with Crippen molar-refractivity contribution in [3.8, 4) is 11.5 Å². The highest BCUT2D eigenvalue weighted by Crippen LogP contribution is 2.27. The summed E-state index contributed by atoms with van der Waals surface area (Å²) in [7, 11) is 0. The fourth-order valence-electron chi connectivity index (χ4n) is 2.82. The van der Waals surface area contributed by atoms with Gasteiger partial charge in [-0.1, -0.05) is 32.9 Å². The van der Waals surface area contributed by atoms with E-state index in [2.05, 4.69) is 32.9 Å². The molecule has 1 N–H and O–H groups in total. The Balaban J connectivity index is 1.89. The molecule has 2 aromatic carbocycles. The van der Waals surface area contributed by atoms with E-state index in [1.807, 2.05) is 44.2 Å². The van der Waals surface area contributed by atoms with Gasteiger partial charge in [-0.15, -0.1) is 11.8 Å². The van der Waals surface area contributed by atoms with E-state index < -0.39 is 5.97 Å². The number of hydrogen-bond donors (Lipinski definition) is 1. The molecule has 6 heteroatoms. The van der Waals surface area contributed by atoms with Crippen molar-refractivity contribution in [1.82, 2.24) is 0 Å². The molecule has 0 radical (unpaired) electrons. The lowest BCUT2D eigenvalue weighted by Gasteiger charge is -2.20. The zero-order chi connectivity index (χ0) is 22.1. The first-order valence-corrected chi connectivity index (χ1v) is 11.1. The standard InChI is InChI=1S/C24H32O5S/c1-6-27-20(14-28-19-9-7-18(8-10-19)24(3,4)5)16-30-21-11-12-22(17(2)13-21)29-15-23(25)26/h7-13,20H,6,14-16H2,1-5H3,(H,25,26)/t20-/m1/s1. The third-order valence-electron chi connectivity index (χ3n) is 4.49. The molecule has 0 saturated heterocycles. The second kappa shape index (κ2) is 11.3. The molecule has 0 fully saturated rings. The Bertz CT molecular complexity index is 811. The van der Waals surface area contributed by atoms with Crippen LogP contribution >= 0.6 is 11.8 Å². The maximum Gasteiger partial charge on any atom is 0.341 e. The molecule has 0 bridgehead atoms. The highest BCUT2D eigenvalue weighted by molar-refractivity contribution is 7.99. The van der Waals surface area contributed by atoms with Gasteiger partial charge in [0.2, 0.25) is 0 Å². The number of carboxylic acid groups (broad SMARTS) is 1. The van der Waals surface area contributed by atoms with Crippen LogP contribution in [0.5, 0.6) is 11.5 Å². The Morgan fingerprint density at radius 3 is 2.37 bits per heavy atom.